The van der Waals surface area contributed by atoms with E-state index in [1.54, 1.807) is 36.7 Å². The fourth-order valence-electron chi connectivity index (χ4n) is 2.99. The number of ether oxygens (including phenoxy) is 1. The SMILES string of the molecule is Cc1nc(-c2cccnc2)nc(N(C)CCCOc2ccc(S(C)(=O)=O)cc2)c1C. The van der Waals surface area contributed by atoms with Gasteiger partial charge in [0.1, 0.15) is 11.6 Å². The van der Waals surface area contributed by atoms with Crippen molar-refractivity contribution < 1.29 is 13.2 Å². The van der Waals surface area contributed by atoms with Gasteiger partial charge >= 0.3 is 0 Å². The van der Waals surface area contributed by atoms with Crippen LogP contribution in [-0.4, -0.2) is 49.8 Å². The minimum atomic E-state index is -3.20. The second kappa shape index (κ2) is 9.21. The Morgan fingerprint density at radius 3 is 2.43 bits per heavy atom. The van der Waals surface area contributed by atoms with Gasteiger partial charge < -0.3 is 9.64 Å². The molecule has 0 aliphatic carbocycles. The minimum Gasteiger partial charge on any atom is -0.494 e. The number of rotatable bonds is 8. The van der Waals surface area contributed by atoms with Crippen molar-refractivity contribution in [2.45, 2.75) is 25.2 Å². The van der Waals surface area contributed by atoms with Crippen molar-refractivity contribution in [2.75, 3.05) is 31.4 Å². The normalized spacial score (nSPS) is 11.3. The molecule has 0 fully saturated rings. The Morgan fingerprint density at radius 2 is 1.80 bits per heavy atom. The molecule has 0 atom stereocenters. The van der Waals surface area contributed by atoms with Crippen molar-refractivity contribution in [1.82, 2.24) is 15.0 Å². The number of hydrogen-bond donors (Lipinski definition) is 0. The average Bonchev–Trinajstić information content (AvgIpc) is 2.73. The Kier molecular flexibility index (Phi) is 6.66. The lowest BCUT2D eigenvalue weighted by Gasteiger charge is -2.22. The molecule has 0 saturated heterocycles. The molecule has 3 rings (SSSR count). The Bertz CT molecular complexity index is 1100. The van der Waals surface area contributed by atoms with Gasteiger partial charge in [-0.3, -0.25) is 4.98 Å². The lowest BCUT2D eigenvalue weighted by molar-refractivity contribution is 0.312. The molecule has 0 amide bonds. The lowest BCUT2D eigenvalue weighted by Crippen LogP contribution is -2.23. The molecule has 0 saturated carbocycles. The zero-order valence-corrected chi connectivity index (χ0v) is 18.5. The van der Waals surface area contributed by atoms with Crippen LogP contribution in [-0.2, 0) is 9.84 Å². The van der Waals surface area contributed by atoms with Gasteiger partial charge in [0.25, 0.3) is 0 Å². The quantitative estimate of drug-likeness (QED) is 0.510. The van der Waals surface area contributed by atoms with E-state index in [1.165, 1.54) is 6.26 Å². The van der Waals surface area contributed by atoms with Crippen LogP contribution in [0.4, 0.5) is 5.82 Å². The third kappa shape index (κ3) is 5.33. The zero-order valence-electron chi connectivity index (χ0n) is 17.7. The molecule has 2 heterocycles. The molecule has 2 aromatic heterocycles. The number of sulfone groups is 1. The van der Waals surface area contributed by atoms with Crippen LogP contribution in [0.1, 0.15) is 17.7 Å². The first kappa shape index (κ1) is 21.7. The summed E-state index contributed by atoms with van der Waals surface area (Å²) in [5.74, 6) is 2.20. The molecule has 158 valence electrons. The van der Waals surface area contributed by atoms with Gasteiger partial charge in [0.15, 0.2) is 15.7 Å². The van der Waals surface area contributed by atoms with E-state index in [0.29, 0.717) is 18.2 Å². The summed E-state index contributed by atoms with van der Waals surface area (Å²) in [5.41, 5.74) is 2.87. The van der Waals surface area contributed by atoms with Crippen LogP contribution in [0.3, 0.4) is 0 Å². The molecule has 0 spiro atoms. The number of aromatic nitrogens is 3. The van der Waals surface area contributed by atoms with Crippen LogP contribution in [0.2, 0.25) is 0 Å². The standard InChI is InChI=1S/C22H26N4O3S/c1-16-17(2)24-21(18-7-5-12-23-15-18)25-22(16)26(3)13-6-14-29-19-8-10-20(11-9-19)30(4,27)28/h5,7-12,15H,6,13-14H2,1-4H3. The van der Waals surface area contributed by atoms with E-state index in [1.807, 2.05) is 33.0 Å². The first-order valence-electron chi connectivity index (χ1n) is 9.65. The van der Waals surface area contributed by atoms with Gasteiger partial charge in [-0.05, 0) is 56.7 Å². The summed E-state index contributed by atoms with van der Waals surface area (Å²) in [4.78, 5) is 15.9. The van der Waals surface area contributed by atoms with E-state index in [2.05, 4.69) is 14.9 Å². The molecule has 0 unspecified atom stereocenters. The molecular formula is C22H26N4O3S. The maximum absolute atomic E-state index is 11.5. The molecule has 30 heavy (non-hydrogen) atoms. The van der Waals surface area contributed by atoms with E-state index >= 15 is 0 Å². The van der Waals surface area contributed by atoms with Crippen molar-refractivity contribution >= 4 is 15.7 Å². The van der Waals surface area contributed by atoms with Crippen molar-refractivity contribution in [3.63, 3.8) is 0 Å². The van der Waals surface area contributed by atoms with Crippen LogP contribution in [0, 0.1) is 13.8 Å². The minimum absolute atomic E-state index is 0.286. The molecule has 8 heteroatoms. The molecule has 7 nitrogen and oxygen atoms in total. The smallest absolute Gasteiger partial charge is 0.175 e. The maximum atomic E-state index is 11.5. The molecule has 1 aromatic carbocycles. The first-order chi connectivity index (χ1) is 14.3. The molecule has 0 N–H and O–H groups in total. The summed E-state index contributed by atoms with van der Waals surface area (Å²) in [5, 5.41) is 0. The van der Waals surface area contributed by atoms with Crippen molar-refractivity contribution in [1.29, 1.82) is 0 Å². The summed E-state index contributed by atoms with van der Waals surface area (Å²) in [6, 6.07) is 10.3. The molecule has 0 aliphatic rings. The lowest BCUT2D eigenvalue weighted by atomic mass is 10.2. The van der Waals surface area contributed by atoms with E-state index in [4.69, 9.17) is 9.72 Å². The largest absolute Gasteiger partial charge is 0.494 e. The highest BCUT2D eigenvalue weighted by Crippen LogP contribution is 2.23. The van der Waals surface area contributed by atoms with Gasteiger partial charge in [-0.15, -0.1) is 0 Å². The van der Waals surface area contributed by atoms with Gasteiger partial charge in [-0.25, -0.2) is 18.4 Å². The van der Waals surface area contributed by atoms with Crippen molar-refractivity contribution in [3.05, 3.63) is 60.0 Å². The third-order valence-electron chi connectivity index (χ3n) is 4.80. The number of anilines is 1. The number of pyridine rings is 1. The number of aryl methyl sites for hydroxylation is 1. The number of hydrogen-bond acceptors (Lipinski definition) is 7. The highest BCUT2D eigenvalue weighted by atomic mass is 32.2. The van der Waals surface area contributed by atoms with Gasteiger partial charge in [0.05, 0.1) is 11.5 Å². The number of benzene rings is 1. The molecule has 0 aliphatic heterocycles. The summed E-state index contributed by atoms with van der Waals surface area (Å²) in [6.45, 7) is 5.28. The van der Waals surface area contributed by atoms with Gasteiger partial charge in [0, 0.05) is 49.1 Å². The third-order valence-corrected chi connectivity index (χ3v) is 5.93. The second-order valence-corrected chi connectivity index (χ2v) is 9.21. The van der Waals surface area contributed by atoms with E-state index in [-0.39, 0.29) is 4.90 Å². The van der Waals surface area contributed by atoms with Crippen molar-refractivity contribution in [2.24, 2.45) is 0 Å². The summed E-state index contributed by atoms with van der Waals surface area (Å²) < 4.78 is 28.8. The highest BCUT2D eigenvalue weighted by molar-refractivity contribution is 7.90. The number of nitrogens with zero attached hydrogens (tertiary/aromatic N) is 4. The Morgan fingerprint density at radius 1 is 1.07 bits per heavy atom. The predicted molar refractivity (Wildman–Crippen MR) is 118 cm³/mol. The summed E-state index contributed by atoms with van der Waals surface area (Å²) in [7, 11) is -1.19. The predicted octanol–water partition coefficient (Wildman–Crippen LogP) is 3.46. The van der Waals surface area contributed by atoms with Crippen LogP contribution in [0.5, 0.6) is 5.75 Å². The fourth-order valence-corrected chi connectivity index (χ4v) is 3.62. The molecule has 0 radical (unpaired) electrons. The fraction of sp³-hybridized carbons (Fsp3) is 0.318. The van der Waals surface area contributed by atoms with Crippen LogP contribution in [0.25, 0.3) is 11.4 Å². The van der Waals surface area contributed by atoms with E-state index in [0.717, 1.165) is 35.6 Å². The van der Waals surface area contributed by atoms with E-state index in [9.17, 15) is 8.42 Å². The topological polar surface area (TPSA) is 85.3 Å². The van der Waals surface area contributed by atoms with E-state index < -0.39 is 9.84 Å². The monoisotopic (exact) mass is 426 g/mol. The maximum Gasteiger partial charge on any atom is 0.175 e. The molecular weight excluding hydrogens is 400 g/mol. The zero-order chi connectivity index (χ0) is 21.7. The highest BCUT2D eigenvalue weighted by Gasteiger charge is 2.13. The molecule has 3 aromatic rings. The average molecular weight is 427 g/mol. The second-order valence-electron chi connectivity index (χ2n) is 7.19. The van der Waals surface area contributed by atoms with Crippen molar-refractivity contribution in [3.8, 4) is 17.1 Å². The first-order valence-corrected chi connectivity index (χ1v) is 11.5. The van der Waals surface area contributed by atoms with Gasteiger partial charge in [-0.2, -0.15) is 0 Å². The summed E-state index contributed by atoms with van der Waals surface area (Å²) in [6.07, 6.45) is 5.47. The van der Waals surface area contributed by atoms with Crippen LogP contribution < -0.4 is 9.64 Å². The Balaban J connectivity index is 1.61. The Labute approximate surface area is 177 Å². The molecule has 0 bridgehead atoms. The van der Waals surface area contributed by atoms with Crippen LogP contribution >= 0.6 is 0 Å². The van der Waals surface area contributed by atoms with Crippen LogP contribution in [0.15, 0.2) is 53.7 Å². The summed E-state index contributed by atoms with van der Waals surface area (Å²) >= 11 is 0. The Hall–Kier alpha value is -3.00. The van der Waals surface area contributed by atoms with Gasteiger partial charge in [-0.1, -0.05) is 0 Å². The van der Waals surface area contributed by atoms with Gasteiger partial charge in [0.2, 0.25) is 0 Å².